The second-order valence-corrected chi connectivity index (χ2v) is 24.0. The minimum Gasteiger partial charge on any atom is -0.508 e. The molecule has 80 heavy (non-hydrogen) atoms. The molecule has 5 atom stereocenters. The van der Waals surface area contributed by atoms with Crippen LogP contribution < -0.4 is 25.6 Å². The standard InChI is InChI=1S/C61H72F2N10O6S/c1-6-45-48(62)21-18-39-27-42(74)28-46(51(39)45)53-52(63)54-47(31-64-53)57(72-32-40-19-20-41(33-72)67-40)70-60(69-54)79-44-22-25-71(26-23-44)24-12-10-8-7-9-11-13-50(76)68-56(61(3,4)5)59(78)73-34-43(75)29-49(73)58(77)65-30-37-14-16-38(17-15-37)55-36(2)66-35-80-55/h1,14-18,21,27-28,31,35,40-41,43-44,49,56,67,74-75H,7-13,19-20,22-26,29-30,32-34H2,2-5H3,(H,65,77)(H,68,76)/t40?,41?,43-,49+,56?/m1/s1. The van der Waals surface area contributed by atoms with Crippen LogP contribution >= 0.6 is 11.3 Å². The maximum absolute atomic E-state index is 17.1. The highest BCUT2D eigenvalue weighted by molar-refractivity contribution is 7.13. The molecule has 6 aromatic rings. The van der Waals surface area contributed by atoms with Crippen LogP contribution in [0.15, 0.2) is 60.2 Å². The summed E-state index contributed by atoms with van der Waals surface area (Å²) in [4.78, 5) is 66.6. The quantitative estimate of drug-likeness (QED) is 0.0382. The Bertz CT molecular complexity index is 3270. The van der Waals surface area contributed by atoms with E-state index in [1.54, 1.807) is 17.5 Å². The van der Waals surface area contributed by atoms with Gasteiger partial charge in [0.25, 0.3) is 0 Å². The molecule has 19 heteroatoms. The molecule has 0 spiro atoms. The number of anilines is 1. The molecular formula is C61H72F2N10O6S. The summed E-state index contributed by atoms with van der Waals surface area (Å²) in [5.41, 5.74) is 4.11. The van der Waals surface area contributed by atoms with Crippen LogP contribution in [0.2, 0.25) is 0 Å². The van der Waals surface area contributed by atoms with Gasteiger partial charge < -0.3 is 45.6 Å². The van der Waals surface area contributed by atoms with Gasteiger partial charge >= 0.3 is 6.01 Å². The number of fused-ring (bicyclic) bond motifs is 4. The maximum Gasteiger partial charge on any atom is 0.319 e. The number of halogens is 2. The number of aromatic hydroxyl groups is 1. The first kappa shape index (κ1) is 56.4. The van der Waals surface area contributed by atoms with Gasteiger partial charge in [0, 0.05) is 81.3 Å². The van der Waals surface area contributed by atoms with Gasteiger partial charge in [0.2, 0.25) is 17.7 Å². The molecule has 10 rings (SSSR count). The van der Waals surface area contributed by atoms with Crippen molar-refractivity contribution in [2.45, 2.75) is 148 Å². The molecule has 4 aliphatic heterocycles. The van der Waals surface area contributed by atoms with Crippen molar-refractivity contribution in [3.8, 4) is 45.8 Å². The predicted molar refractivity (Wildman–Crippen MR) is 306 cm³/mol. The highest BCUT2D eigenvalue weighted by Crippen LogP contribution is 2.40. The van der Waals surface area contributed by atoms with E-state index in [1.165, 1.54) is 29.2 Å². The number of benzene rings is 3. The first-order valence-corrected chi connectivity index (χ1v) is 29.1. The number of thiazole rings is 1. The molecule has 2 bridgehead atoms. The number of aryl methyl sites for hydroxylation is 1. The van der Waals surface area contributed by atoms with E-state index in [4.69, 9.17) is 16.1 Å². The summed E-state index contributed by atoms with van der Waals surface area (Å²) in [5.74, 6) is 0.495. The fourth-order valence-corrected chi connectivity index (χ4v) is 12.8. The van der Waals surface area contributed by atoms with Crippen LogP contribution in [0.5, 0.6) is 11.8 Å². The number of nitrogens with zero attached hydrogens (tertiary/aromatic N) is 7. The molecule has 0 aliphatic carbocycles. The monoisotopic (exact) mass is 1110 g/mol. The molecule has 7 heterocycles. The molecule has 3 amide bonds. The molecule has 3 aromatic heterocycles. The van der Waals surface area contributed by atoms with Crippen molar-refractivity contribution in [1.82, 2.24) is 45.7 Å². The molecule has 4 aliphatic rings. The number of rotatable bonds is 19. The summed E-state index contributed by atoms with van der Waals surface area (Å²) >= 11 is 1.58. The summed E-state index contributed by atoms with van der Waals surface area (Å²) in [6.07, 6.45) is 16.0. The van der Waals surface area contributed by atoms with Gasteiger partial charge in [-0.2, -0.15) is 9.97 Å². The average Bonchev–Trinajstić information content (AvgIpc) is 3.94. The van der Waals surface area contributed by atoms with Gasteiger partial charge in [-0.15, -0.1) is 17.8 Å². The number of aliphatic hydroxyl groups is 1. The van der Waals surface area contributed by atoms with E-state index in [9.17, 15) is 24.6 Å². The topological polar surface area (TPSA) is 198 Å². The number of likely N-dealkylation sites (tertiary alicyclic amines) is 2. The highest BCUT2D eigenvalue weighted by atomic mass is 32.1. The number of pyridine rings is 1. The Morgan fingerprint density at radius 3 is 2.36 bits per heavy atom. The van der Waals surface area contributed by atoms with Crippen LogP contribution in [-0.2, 0) is 20.9 Å². The Balaban J connectivity index is 0.675. The lowest BCUT2D eigenvalue weighted by Crippen LogP contribution is -2.57. The molecular weight excluding hydrogens is 1040 g/mol. The number of nitrogens with one attached hydrogen (secondary N) is 3. The average molecular weight is 1110 g/mol. The third kappa shape index (κ3) is 12.7. The number of hydrogen-bond donors (Lipinski definition) is 5. The number of terminal acetylenes is 1. The number of aromatic nitrogens is 4. The summed E-state index contributed by atoms with van der Waals surface area (Å²) < 4.78 is 38.6. The second-order valence-electron chi connectivity index (χ2n) is 23.2. The van der Waals surface area contributed by atoms with E-state index in [1.807, 2.05) is 57.5 Å². The summed E-state index contributed by atoms with van der Waals surface area (Å²) in [6.45, 7) is 11.9. The number of piperazine rings is 1. The number of piperidine rings is 1. The minimum atomic E-state index is -0.873. The number of aliphatic hydroxyl groups excluding tert-OH is 1. The van der Waals surface area contributed by atoms with Gasteiger partial charge in [-0.05, 0) is 92.1 Å². The molecule has 0 radical (unpaired) electrons. The number of β-amino-alcohol motifs (C(OH)–C–C–N with tert-alkyl or cyclic N) is 1. The molecule has 16 nitrogen and oxygen atoms in total. The van der Waals surface area contributed by atoms with E-state index in [0.717, 1.165) is 99.1 Å². The van der Waals surface area contributed by atoms with Crippen molar-refractivity contribution in [2.24, 2.45) is 5.41 Å². The van der Waals surface area contributed by atoms with Crippen LogP contribution in [0.3, 0.4) is 0 Å². The molecule has 3 aromatic carbocycles. The Morgan fingerprint density at radius 1 is 0.938 bits per heavy atom. The summed E-state index contributed by atoms with van der Waals surface area (Å²) in [6, 6.07) is 12.4. The van der Waals surface area contributed by atoms with E-state index < -0.39 is 35.2 Å². The number of carbonyl (C=O) groups is 3. The number of amides is 3. The van der Waals surface area contributed by atoms with Gasteiger partial charge in [-0.3, -0.25) is 19.4 Å². The molecule has 4 saturated heterocycles. The number of ether oxygens (including phenoxy) is 1. The fraction of sp³-hybridized carbons (Fsp3) is 0.492. The lowest BCUT2D eigenvalue weighted by atomic mass is 9.85. The van der Waals surface area contributed by atoms with Crippen LogP contribution in [0.1, 0.15) is 115 Å². The Hall–Kier alpha value is -6.85. The third-order valence-electron chi connectivity index (χ3n) is 16.3. The SMILES string of the molecule is C#Cc1c(F)ccc2cc(O)cc(-c3ncc4c(N5CC6CCC(C5)N6)nc(OC5CCN(CCCCCCCCC(=O)NC(C(=O)N6C[C@H](O)C[C@H]6C(=O)NCc6ccc(-c7scnc7C)cc6)C(C)(C)C)CC5)nc4c3F)c12. The zero-order valence-electron chi connectivity index (χ0n) is 46.1. The normalized spacial score (nSPS) is 20.1. The number of phenols is 1. The number of hydrogen-bond acceptors (Lipinski definition) is 14. The van der Waals surface area contributed by atoms with Gasteiger partial charge in [-0.1, -0.05) is 82.7 Å². The Labute approximate surface area is 470 Å². The van der Waals surface area contributed by atoms with Gasteiger partial charge in [0.1, 0.15) is 46.8 Å². The lowest BCUT2D eigenvalue weighted by molar-refractivity contribution is -0.144. The molecule has 3 unspecified atom stereocenters. The highest BCUT2D eigenvalue weighted by Gasteiger charge is 2.44. The number of unbranched alkanes of at least 4 members (excludes halogenated alkanes) is 5. The molecule has 0 saturated carbocycles. The first-order chi connectivity index (χ1) is 38.5. The number of carbonyl (C=O) groups excluding carboxylic acids is 3. The van der Waals surface area contributed by atoms with Crippen LogP contribution in [0, 0.1) is 36.3 Å². The minimum absolute atomic E-state index is 0.0174. The van der Waals surface area contributed by atoms with Gasteiger partial charge in [0.05, 0.1) is 33.1 Å². The summed E-state index contributed by atoms with van der Waals surface area (Å²) in [5, 5.41) is 32.1. The Morgan fingerprint density at radius 2 is 1.66 bits per heavy atom. The number of phenolic OH excluding ortho intramolecular Hbond substituents is 1. The van der Waals surface area contributed by atoms with Crippen molar-refractivity contribution >= 4 is 56.6 Å². The van der Waals surface area contributed by atoms with E-state index in [0.29, 0.717) is 36.1 Å². The van der Waals surface area contributed by atoms with Crippen LogP contribution in [0.25, 0.3) is 43.4 Å². The molecule has 422 valence electrons. The van der Waals surface area contributed by atoms with E-state index >= 15 is 8.78 Å². The third-order valence-corrected chi connectivity index (χ3v) is 17.2. The maximum atomic E-state index is 17.1. The second kappa shape index (κ2) is 24.5. The smallest absolute Gasteiger partial charge is 0.319 e. The summed E-state index contributed by atoms with van der Waals surface area (Å²) in [7, 11) is 0. The van der Waals surface area contributed by atoms with Crippen LogP contribution in [-0.4, -0.2) is 133 Å². The predicted octanol–water partition coefficient (Wildman–Crippen LogP) is 8.57. The fourth-order valence-electron chi connectivity index (χ4n) is 12.0. The van der Waals surface area contributed by atoms with Crippen molar-refractivity contribution in [3.63, 3.8) is 0 Å². The van der Waals surface area contributed by atoms with E-state index in [-0.39, 0.29) is 101 Å². The van der Waals surface area contributed by atoms with Crippen LogP contribution in [0.4, 0.5) is 14.6 Å². The van der Waals surface area contributed by atoms with Crippen molar-refractivity contribution in [3.05, 3.63) is 88.7 Å². The zero-order chi connectivity index (χ0) is 56.2. The lowest BCUT2D eigenvalue weighted by Gasteiger charge is -2.35. The van der Waals surface area contributed by atoms with Crippen molar-refractivity contribution < 1.29 is 38.1 Å². The van der Waals surface area contributed by atoms with Gasteiger partial charge in [-0.25, -0.2) is 13.8 Å². The molecule has 5 N–H and O–H groups in total. The largest absolute Gasteiger partial charge is 0.508 e. The Kier molecular flexibility index (Phi) is 17.3. The van der Waals surface area contributed by atoms with Gasteiger partial charge in [0.15, 0.2) is 5.82 Å². The first-order valence-electron chi connectivity index (χ1n) is 28.2. The van der Waals surface area contributed by atoms with Crippen molar-refractivity contribution in [2.75, 3.05) is 44.2 Å². The molecule has 4 fully saturated rings. The zero-order valence-corrected chi connectivity index (χ0v) is 46.9. The van der Waals surface area contributed by atoms with Crippen molar-refractivity contribution in [1.29, 1.82) is 0 Å². The van der Waals surface area contributed by atoms with E-state index in [2.05, 4.69) is 46.6 Å².